The number of fused-ring (bicyclic) bond motifs is 1. The quantitative estimate of drug-likeness (QED) is 0.677. The molecule has 0 bridgehead atoms. The number of piperidine rings is 1. The highest BCUT2D eigenvalue weighted by molar-refractivity contribution is 5.85. The number of alkyl halides is 3. The lowest BCUT2D eigenvalue weighted by atomic mass is 9.99. The van der Waals surface area contributed by atoms with Crippen molar-refractivity contribution in [1.82, 2.24) is 25.1 Å². The van der Waals surface area contributed by atoms with E-state index < -0.39 is 18.6 Å². The van der Waals surface area contributed by atoms with Crippen LogP contribution in [-0.2, 0) is 13.1 Å². The van der Waals surface area contributed by atoms with Gasteiger partial charge in [0.2, 0.25) is 0 Å². The summed E-state index contributed by atoms with van der Waals surface area (Å²) in [6, 6.07) is 6.18. The van der Waals surface area contributed by atoms with Crippen LogP contribution in [0.3, 0.4) is 0 Å². The van der Waals surface area contributed by atoms with Crippen molar-refractivity contribution in [2.75, 3.05) is 25.0 Å². The van der Waals surface area contributed by atoms with E-state index >= 15 is 0 Å². The third-order valence-electron chi connectivity index (χ3n) is 5.13. The fourth-order valence-electron chi connectivity index (χ4n) is 3.51. The summed E-state index contributed by atoms with van der Waals surface area (Å²) in [5.74, 6) is -2.53. The van der Waals surface area contributed by atoms with Crippen LogP contribution in [0.25, 0.3) is 11.0 Å². The highest BCUT2D eigenvalue weighted by atomic mass is 19.3. The normalized spacial score (nSPS) is 19.8. The number of nitrogens with one attached hydrogen (secondary N) is 2. The molecule has 0 spiro atoms. The molecular weight excluding hydrogens is 369 g/mol. The summed E-state index contributed by atoms with van der Waals surface area (Å²) >= 11 is 0. The fraction of sp³-hybridized carbons (Fsp3) is 0.421. The Bertz CT molecular complexity index is 927. The van der Waals surface area contributed by atoms with E-state index in [1.165, 1.54) is 12.5 Å². The Kier molecular flexibility index (Phi) is 5.17. The van der Waals surface area contributed by atoms with E-state index in [2.05, 4.69) is 25.5 Å². The third kappa shape index (κ3) is 3.94. The summed E-state index contributed by atoms with van der Waals surface area (Å²) in [7, 11) is 0. The molecule has 0 saturated carbocycles. The molecule has 0 radical (unpaired) electrons. The van der Waals surface area contributed by atoms with E-state index in [1.54, 1.807) is 17.0 Å². The maximum atomic E-state index is 14.7. The van der Waals surface area contributed by atoms with Crippen LogP contribution < -0.4 is 5.32 Å². The van der Waals surface area contributed by atoms with Gasteiger partial charge in [-0.2, -0.15) is 5.10 Å². The van der Waals surface area contributed by atoms with Gasteiger partial charge in [0, 0.05) is 13.1 Å². The van der Waals surface area contributed by atoms with Crippen molar-refractivity contribution in [2.45, 2.75) is 31.5 Å². The monoisotopic (exact) mass is 390 g/mol. The molecule has 0 amide bonds. The van der Waals surface area contributed by atoms with Gasteiger partial charge in [0.1, 0.15) is 18.8 Å². The van der Waals surface area contributed by atoms with Crippen LogP contribution in [0.5, 0.6) is 0 Å². The number of rotatable bonds is 6. The molecule has 1 atom stereocenters. The zero-order valence-electron chi connectivity index (χ0n) is 15.2. The fourth-order valence-corrected chi connectivity index (χ4v) is 3.51. The van der Waals surface area contributed by atoms with E-state index in [1.807, 2.05) is 12.1 Å². The van der Waals surface area contributed by atoms with Crippen LogP contribution >= 0.6 is 0 Å². The average molecular weight is 390 g/mol. The van der Waals surface area contributed by atoms with E-state index in [4.69, 9.17) is 0 Å². The number of likely N-dealkylation sites (tertiary alicyclic amines) is 1. The van der Waals surface area contributed by atoms with Crippen molar-refractivity contribution in [3.63, 3.8) is 0 Å². The largest absolute Gasteiger partial charge is 0.360 e. The predicted molar refractivity (Wildman–Crippen MR) is 100 cm³/mol. The van der Waals surface area contributed by atoms with Gasteiger partial charge in [0.05, 0.1) is 24.2 Å². The molecule has 1 unspecified atom stereocenters. The topological polar surface area (TPSA) is 69.7 Å². The lowest BCUT2D eigenvalue weighted by molar-refractivity contribution is -0.0734. The van der Waals surface area contributed by atoms with Gasteiger partial charge >= 0.3 is 0 Å². The second-order valence-corrected chi connectivity index (χ2v) is 7.08. The summed E-state index contributed by atoms with van der Waals surface area (Å²) in [5.41, 5.74) is 2.15. The molecule has 1 fully saturated rings. The molecular formula is C19H21F3N6. The second kappa shape index (κ2) is 7.75. The summed E-state index contributed by atoms with van der Waals surface area (Å²) in [6.45, 7) is 0.295. The van der Waals surface area contributed by atoms with Crippen LogP contribution in [0.4, 0.5) is 19.0 Å². The maximum absolute atomic E-state index is 14.7. The van der Waals surface area contributed by atoms with E-state index in [9.17, 15) is 13.2 Å². The Hall–Kier alpha value is -2.68. The molecule has 4 rings (SSSR count). The highest BCUT2D eigenvalue weighted by Crippen LogP contribution is 2.31. The summed E-state index contributed by atoms with van der Waals surface area (Å²) in [4.78, 5) is 9.89. The first-order valence-electron chi connectivity index (χ1n) is 9.20. The molecule has 3 heterocycles. The first kappa shape index (κ1) is 18.7. The number of anilines is 1. The molecule has 28 heavy (non-hydrogen) atoms. The standard InChI is InChI=1S/C19H21F3N6/c20-9-14-3-1-13(2-4-14)5-7-28-8-6-16(19(21,22)11-28)26-17-15-10-25-27-18(15)24-12-23-17/h1-4,10,12,16H,5-9,11H2,(H2,23,24,25,26,27). The number of halogens is 3. The van der Waals surface area contributed by atoms with Crippen LogP contribution in [0.1, 0.15) is 17.5 Å². The minimum absolute atomic E-state index is 0.303. The molecule has 1 saturated heterocycles. The Labute approximate surface area is 160 Å². The van der Waals surface area contributed by atoms with E-state index in [-0.39, 0.29) is 6.54 Å². The molecule has 1 aromatic carbocycles. The Balaban J connectivity index is 1.36. The Morgan fingerprint density at radius 2 is 1.96 bits per heavy atom. The number of aromatic nitrogens is 4. The SMILES string of the molecule is FCc1ccc(CCN2CCC(Nc3ncnc4[nH]ncc34)C(F)(F)C2)cc1. The molecule has 6 nitrogen and oxygen atoms in total. The van der Waals surface area contributed by atoms with Crippen molar-refractivity contribution < 1.29 is 13.2 Å². The summed E-state index contributed by atoms with van der Waals surface area (Å²) < 4.78 is 42.1. The van der Waals surface area contributed by atoms with Crippen molar-refractivity contribution in [3.8, 4) is 0 Å². The Morgan fingerprint density at radius 3 is 2.71 bits per heavy atom. The number of H-pyrrole nitrogens is 1. The number of hydrogen-bond acceptors (Lipinski definition) is 5. The van der Waals surface area contributed by atoms with Gasteiger partial charge in [0.25, 0.3) is 5.92 Å². The van der Waals surface area contributed by atoms with Crippen molar-refractivity contribution >= 4 is 16.9 Å². The minimum Gasteiger partial charge on any atom is -0.360 e. The van der Waals surface area contributed by atoms with Gasteiger partial charge in [-0.05, 0) is 24.0 Å². The zero-order valence-corrected chi connectivity index (χ0v) is 15.2. The molecule has 9 heteroatoms. The lowest BCUT2D eigenvalue weighted by Crippen LogP contribution is -2.54. The lowest BCUT2D eigenvalue weighted by Gasteiger charge is -2.38. The van der Waals surface area contributed by atoms with Crippen LogP contribution in [-0.4, -0.2) is 56.7 Å². The molecule has 3 aromatic rings. The number of hydrogen-bond donors (Lipinski definition) is 2. The number of aromatic amines is 1. The summed E-state index contributed by atoms with van der Waals surface area (Å²) in [6.07, 6.45) is 3.81. The van der Waals surface area contributed by atoms with Gasteiger partial charge in [-0.15, -0.1) is 0 Å². The summed E-state index contributed by atoms with van der Waals surface area (Å²) in [5, 5.41) is 10.1. The van der Waals surface area contributed by atoms with Crippen molar-refractivity contribution in [3.05, 3.63) is 47.9 Å². The van der Waals surface area contributed by atoms with E-state index in [0.29, 0.717) is 48.3 Å². The molecule has 0 aliphatic carbocycles. The number of nitrogens with zero attached hydrogens (tertiary/aromatic N) is 4. The smallest absolute Gasteiger partial charge is 0.280 e. The number of benzene rings is 1. The van der Waals surface area contributed by atoms with Gasteiger partial charge in [-0.1, -0.05) is 24.3 Å². The van der Waals surface area contributed by atoms with Crippen LogP contribution in [0, 0.1) is 0 Å². The first-order valence-corrected chi connectivity index (χ1v) is 9.20. The Morgan fingerprint density at radius 1 is 1.18 bits per heavy atom. The van der Waals surface area contributed by atoms with Gasteiger partial charge < -0.3 is 5.32 Å². The van der Waals surface area contributed by atoms with Crippen molar-refractivity contribution in [1.29, 1.82) is 0 Å². The second-order valence-electron chi connectivity index (χ2n) is 7.08. The van der Waals surface area contributed by atoms with E-state index in [0.717, 1.165) is 5.56 Å². The molecule has 1 aliphatic heterocycles. The van der Waals surface area contributed by atoms with Crippen molar-refractivity contribution in [2.24, 2.45) is 0 Å². The van der Waals surface area contributed by atoms with Crippen LogP contribution in [0.15, 0.2) is 36.8 Å². The predicted octanol–water partition coefficient (Wildman–Crippen LogP) is 3.19. The average Bonchev–Trinajstić information content (AvgIpc) is 3.18. The molecule has 148 valence electrons. The van der Waals surface area contributed by atoms with Crippen LogP contribution in [0.2, 0.25) is 0 Å². The maximum Gasteiger partial charge on any atom is 0.280 e. The minimum atomic E-state index is -2.89. The molecule has 1 aliphatic rings. The molecule has 2 aromatic heterocycles. The molecule has 2 N–H and O–H groups in total. The highest BCUT2D eigenvalue weighted by Gasteiger charge is 2.44. The zero-order chi connectivity index (χ0) is 19.6. The van der Waals surface area contributed by atoms with Gasteiger partial charge in [-0.25, -0.2) is 23.1 Å². The van der Waals surface area contributed by atoms with Gasteiger partial charge in [-0.3, -0.25) is 10.00 Å². The third-order valence-corrected chi connectivity index (χ3v) is 5.13. The van der Waals surface area contributed by atoms with Gasteiger partial charge in [0.15, 0.2) is 5.65 Å². The first-order chi connectivity index (χ1) is 13.5.